The predicted octanol–water partition coefficient (Wildman–Crippen LogP) is 2.45. The lowest BCUT2D eigenvalue weighted by Gasteiger charge is -2.29. The maximum Gasteiger partial charge on any atom is 0.324 e. The molecule has 10 heteroatoms. The summed E-state index contributed by atoms with van der Waals surface area (Å²) >= 11 is 6.46. The second-order valence-corrected chi connectivity index (χ2v) is 7.02. The Labute approximate surface area is 200 Å². The molecule has 1 aliphatic rings. The van der Waals surface area contributed by atoms with Crippen LogP contribution in [-0.4, -0.2) is 73.5 Å². The average molecular weight is 551 g/mol. The second kappa shape index (κ2) is 13.7. The van der Waals surface area contributed by atoms with E-state index in [1.807, 2.05) is 31.2 Å². The molecule has 3 amide bonds. The Morgan fingerprint density at radius 1 is 1.23 bits per heavy atom. The van der Waals surface area contributed by atoms with Gasteiger partial charge < -0.3 is 16.0 Å². The largest absolute Gasteiger partial charge is 0.357 e. The van der Waals surface area contributed by atoms with Crippen LogP contribution in [0.15, 0.2) is 29.3 Å². The van der Waals surface area contributed by atoms with Gasteiger partial charge in [-0.3, -0.25) is 19.6 Å². The Kier molecular flexibility index (Phi) is 12.0. The summed E-state index contributed by atoms with van der Waals surface area (Å²) in [4.78, 5) is 31.6. The Bertz CT molecular complexity index is 713. The molecule has 1 aromatic carbocycles. The van der Waals surface area contributed by atoms with Crippen LogP contribution in [-0.2, 0) is 4.79 Å². The number of benzene rings is 1. The Morgan fingerprint density at radius 2 is 1.93 bits per heavy atom. The maximum atomic E-state index is 11.7. The van der Waals surface area contributed by atoms with Crippen LogP contribution < -0.4 is 16.0 Å². The highest BCUT2D eigenvalue weighted by Gasteiger charge is 2.27. The highest BCUT2D eigenvalue weighted by atomic mass is 127. The summed E-state index contributed by atoms with van der Waals surface area (Å²) in [7, 11) is 0. The van der Waals surface area contributed by atoms with E-state index in [1.165, 1.54) is 4.90 Å². The van der Waals surface area contributed by atoms with E-state index in [-0.39, 0.29) is 48.5 Å². The van der Waals surface area contributed by atoms with Gasteiger partial charge in [-0.2, -0.15) is 0 Å². The molecule has 0 aliphatic carbocycles. The number of amides is 3. The molecule has 1 aromatic rings. The Balaban J connectivity index is 0.00000450. The number of nitrogens with one attached hydrogen (secondary N) is 3. The van der Waals surface area contributed by atoms with Crippen molar-refractivity contribution in [2.75, 3.05) is 45.8 Å². The molecule has 30 heavy (non-hydrogen) atoms. The van der Waals surface area contributed by atoms with Crippen LogP contribution in [0.5, 0.6) is 0 Å². The molecule has 0 aromatic heterocycles. The fraction of sp³-hybridized carbons (Fsp3) is 0.550. The first-order valence-corrected chi connectivity index (χ1v) is 10.5. The summed E-state index contributed by atoms with van der Waals surface area (Å²) in [6, 6.07) is 7.56. The standard InChI is InChI=1S/C20H31ClN6O2.HI/c1-4-22-19(23-11-12-27-18(28)14-25-20(27)29)24-13-17(26(5-2)6-3)15-9-7-8-10-16(15)21;/h7-10,17H,4-6,11-14H2,1-3H3,(H,25,29)(H2,22,23,24);1H. The molecule has 1 aliphatic heterocycles. The number of imide groups is 1. The van der Waals surface area contributed by atoms with Crippen molar-refractivity contribution in [3.63, 3.8) is 0 Å². The molecule has 3 N–H and O–H groups in total. The van der Waals surface area contributed by atoms with Crippen molar-refractivity contribution in [3.05, 3.63) is 34.9 Å². The molecule has 1 fully saturated rings. The second-order valence-electron chi connectivity index (χ2n) is 6.61. The number of carbonyl (C=O) groups is 2. The zero-order valence-corrected chi connectivity index (χ0v) is 20.9. The molecular weight excluding hydrogens is 519 g/mol. The third kappa shape index (κ3) is 7.28. The normalized spacial score (nSPS) is 15.1. The summed E-state index contributed by atoms with van der Waals surface area (Å²) in [6.07, 6.45) is 0. The molecule has 1 atom stereocenters. The Morgan fingerprint density at radius 3 is 2.50 bits per heavy atom. The van der Waals surface area contributed by atoms with Crippen LogP contribution in [0.2, 0.25) is 5.02 Å². The molecule has 1 saturated heterocycles. The van der Waals surface area contributed by atoms with E-state index >= 15 is 0 Å². The van der Waals surface area contributed by atoms with Crippen molar-refractivity contribution in [1.29, 1.82) is 0 Å². The summed E-state index contributed by atoms with van der Waals surface area (Å²) in [5, 5.41) is 9.66. The number of carbonyl (C=O) groups excluding carboxylic acids is 2. The topological polar surface area (TPSA) is 89.1 Å². The van der Waals surface area contributed by atoms with Crippen LogP contribution in [0.25, 0.3) is 0 Å². The minimum atomic E-state index is -0.348. The highest BCUT2D eigenvalue weighted by Crippen LogP contribution is 2.27. The molecule has 1 heterocycles. The first kappa shape index (κ1) is 26.4. The maximum absolute atomic E-state index is 11.7. The van der Waals surface area contributed by atoms with E-state index < -0.39 is 0 Å². The van der Waals surface area contributed by atoms with Crippen LogP contribution in [0.4, 0.5) is 4.79 Å². The summed E-state index contributed by atoms with van der Waals surface area (Å²) < 4.78 is 0. The summed E-state index contributed by atoms with van der Waals surface area (Å²) in [5.74, 6) is 0.433. The molecule has 0 saturated carbocycles. The number of likely N-dealkylation sites (N-methyl/N-ethyl adjacent to an activating group) is 1. The van der Waals surface area contributed by atoms with Crippen molar-refractivity contribution < 1.29 is 9.59 Å². The highest BCUT2D eigenvalue weighted by molar-refractivity contribution is 14.0. The minimum absolute atomic E-state index is 0. The first-order valence-electron chi connectivity index (χ1n) is 10.1. The molecule has 2 rings (SSSR count). The monoisotopic (exact) mass is 550 g/mol. The lowest BCUT2D eigenvalue weighted by molar-refractivity contribution is -0.124. The van der Waals surface area contributed by atoms with Crippen LogP contribution >= 0.6 is 35.6 Å². The number of rotatable bonds is 10. The predicted molar refractivity (Wildman–Crippen MR) is 132 cm³/mol. The fourth-order valence-corrected chi connectivity index (χ4v) is 3.57. The smallest absolute Gasteiger partial charge is 0.324 e. The van der Waals surface area contributed by atoms with Gasteiger partial charge in [-0.15, -0.1) is 24.0 Å². The number of hydrogen-bond acceptors (Lipinski definition) is 4. The fourth-order valence-electron chi connectivity index (χ4n) is 3.31. The third-order valence-electron chi connectivity index (χ3n) is 4.85. The Hall–Kier alpha value is -1.59. The SMILES string of the molecule is CCNC(=NCC(c1ccccc1Cl)N(CC)CC)NCCN1C(=O)CNC1=O.I. The van der Waals surface area contributed by atoms with Crippen LogP contribution in [0, 0.1) is 0 Å². The van der Waals surface area contributed by atoms with Gasteiger partial charge in [-0.05, 0) is 31.6 Å². The van der Waals surface area contributed by atoms with Gasteiger partial charge in [0.25, 0.3) is 0 Å². The lowest BCUT2D eigenvalue weighted by atomic mass is 10.1. The van der Waals surface area contributed by atoms with Crippen LogP contribution in [0.3, 0.4) is 0 Å². The molecule has 0 bridgehead atoms. The zero-order valence-electron chi connectivity index (χ0n) is 17.8. The van der Waals surface area contributed by atoms with E-state index in [1.54, 1.807) is 0 Å². The van der Waals surface area contributed by atoms with Crippen LogP contribution in [0.1, 0.15) is 32.4 Å². The van der Waals surface area contributed by atoms with Crippen molar-refractivity contribution in [2.45, 2.75) is 26.8 Å². The van der Waals surface area contributed by atoms with E-state index in [0.717, 1.165) is 23.7 Å². The number of aliphatic imine (C=N–C) groups is 1. The summed E-state index contributed by atoms with van der Waals surface area (Å²) in [5.41, 5.74) is 1.05. The quantitative estimate of drug-likeness (QED) is 0.180. The van der Waals surface area contributed by atoms with E-state index in [0.29, 0.717) is 32.1 Å². The van der Waals surface area contributed by atoms with Gasteiger partial charge >= 0.3 is 6.03 Å². The van der Waals surface area contributed by atoms with Gasteiger partial charge in [0.2, 0.25) is 5.91 Å². The van der Waals surface area contributed by atoms with Gasteiger partial charge in [-0.1, -0.05) is 43.6 Å². The van der Waals surface area contributed by atoms with E-state index in [9.17, 15) is 9.59 Å². The van der Waals surface area contributed by atoms with E-state index in [4.69, 9.17) is 16.6 Å². The first-order chi connectivity index (χ1) is 14.0. The van der Waals surface area contributed by atoms with Crippen molar-refractivity contribution in [3.8, 4) is 0 Å². The van der Waals surface area contributed by atoms with Gasteiger partial charge in [0.1, 0.15) is 0 Å². The van der Waals surface area contributed by atoms with Gasteiger partial charge in [0.05, 0.1) is 19.1 Å². The average Bonchev–Trinajstić information content (AvgIpc) is 3.03. The third-order valence-corrected chi connectivity index (χ3v) is 5.19. The number of hydrogen-bond donors (Lipinski definition) is 3. The molecule has 1 unspecified atom stereocenters. The molecular formula is C20H32ClIN6O2. The van der Waals surface area contributed by atoms with Crippen molar-refractivity contribution in [2.24, 2.45) is 4.99 Å². The molecule has 0 radical (unpaired) electrons. The number of nitrogens with zero attached hydrogens (tertiary/aromatic N) is 3. The molecule has 0 spiro atoms. The van der Waals surface area contributed by atoms with Crippen molar-refractivity contribution in [1.82, 2.24) is 25.8 Å². The van der Waals surface area contributed by atoms with E-state index in [2.05, 4.69) is 34.7 Å². The summed E-state index contributed by atoms with van der Waals surface area (Å²) in [6.45, 7) is 10.0. The zero-order chi connectivity index (χ0) is 21.2. The number of urea groups is 1. The van der Waals surface area contributed by atoms with Gasteiger partial charge in [0, 0.05) is 24.7 Å². The van der Waals surface area contributed by atoms with Gasteiger partial charge in [-0.25, -0.2) is 4.79 Å². The molecule has 168 valence electrons. The van der Waals surface area contributed by atoms with Gasteiger partial charge in [0.15, 0.2) is 5.96 Å². The minimum Gasteiger partial charge on any atom is -0.357 e. The lowest BCUT2D eigenvalue weighted by Crippen LogP contribution is -2.43. The number of guanidine groups is 1. The molecule has 8 nitrogen and oxygen atoms in total. The van der Waals surface area contributed by atoms with Crippen molar-refractivity contribution >= 4 is 53.5 Å². The number of halogens is 2.